The lowest BCUT2D eigenvalue weighted by atomic mass is 9.98. The van der Waals surface area contributed by atoms with E-state index in [2.05, 4.69) is 20.9 Å². The lowest BCUT2D eigenvalue weighted by Gasteiger charge is -2.25. The zero-order chi connectivity index (χ0) is 26.1. The predicted molar refractivity (Wildman–Crippen MR) is 128 cm³/mol. The average molecular weight is 489 g/mol. The van der Waals surface area contributed by atoms with Crippen LogP contribution in [0.25, 0.3) is 10.9 Å². The molecule has 12 nitrogen and oxygen atoms in total. The van der Waals surface area contributed by atoms with E-state index in [1.54, 1.807) is 20.0 Å². The van der Waals surface area contributed by atoms with Gasteiger partial charge in [-0.3, -0.25) is 19.2 Å². The second-order valence-electron chi connectivity index (χ2n) is 8.33. The smallest absolute Gasteiger partial charge is 0.326 e. The first-order chi connectivity index (χ1) is 16.6. The Balaban J connectivity index is 2.26. The molecule has 4 atom stereocenters. The summed E-state index contributed by atoms with van der Waals surface area (Å²) < 4.78 is 0. The van der Waals surface area contributed by atoms with Crippen molar-refractivity contribution in [3.8, 4) is 0 Å². The van der Waals surface area contributed by atoms with Crippen LogP contribution in [0.15, 0.2) is 30.5 Å². The zero-order valence-corrected chi connectivity index (χ0v) is 19.7. The second-order valence-corrected chi connectivity index (χ2v) is 8.33. The van der Waals surface area contributed by atoms with Crippen LogP contribution >= 0.6 is 0 Å². The summed E-state index contributed by atoms with van der Waals surface area (Å²) in [5.41, 5.74) is 12.2. The van der Waals surface area contributed by atoms with Crippen LogP contribution in [0.5, 0.6) is 0 Å². The molecule has 0 aliphatic rings. The van der Waals surface area contributed by atoms with E-state index in [1.165, 1.54) is 0 Å². The maximum absolute atomic E-state index is 13.1. The van der Waals surface area contributed by atoms with Gasteiger partial charge in [0.15, 0.2) is 0 Å². The molecule has 2 aromatic rings. The SMILES string of the molecule is CC[C@H](C)[C@H](NC(=O)[C@H](CC(N)=O)NC(=O)[C@H](Cc1c[nH]c2ccccc12)NC(=O)CN)C(=O)O. The van der Waals surface area contributed by atoms with Crippen molar-refractivity contribution in [1.29, 1.82) is 0 Å². The fraction of sp³-hybridized carbons (Fsp3) is 0.435. The number of para-hydroxylation sites is 1. The quantitative estimate of drug-likeness (QED) is 0.189. The Bertz CT molecular complexity index is 1080. The van der Waals surface area contributed by atoms with Crippen LogP contribution < -0.4 is 27.4 Å². The molecule has 2 rings (SSSR count). The third-order valence-electron chi connectivity index (χ3n) is 5.75. The first-order valence-corrected chi connectivity index (χ1v) is 11.2. The van der Waals surface area contributed by atoms with E-state index in [1.807, 2.05) is 24.3 Å². The number of nitrogens with two attached hydrogens (primary N) is 2. The summed E-state index contributed by atoms with van der Waals surface area (Å²) in [6, 6.07) is 3.60. The number of aromatic amines is 1. The van der Waals surface area contributed by atoms with Crippen molar-refractivity contribution >= 4 is 40.5 Å². The summed E-state index contributed by atoms with van der Waals surface area (Å²) in [6.07, 6.45) is 1.69. The van der Waals surface area contributed by atoms with Gasteiger partial charge in [-0.05, 0) is 17.5 Å². The number of rotatable bonds is 13. The van der Waals surface area contributed by atoms with E-state index < -0.39 is 60.1 Å². The molecule has 4 amide bonds. The second kappa shape index (κ2) is 12.5. The Hall–Kier alpha value is -3.93. The van der Waals surface area contributed by atoms with Crippen molar-refractivity contribution in [2.45, 2.75) is 51.2 Å². The minimum atomic E-state index is -1.44. The Morgan fingerprint density at radius 1 is 1.03 bits per heavy atom. The van der Waals surface area contributed by atoms with Gasteiger partial charge in [-0.15, -0.1) is 0 Å². The monoisotopic (exact) mass is 488 g/mol. The Kier molecular flexibility index (Phi) is 9.76. The number of carboxylic acid groups (broad SMARTS) is 1. The number of carbonyl (C=O) groups excluding carboxylic acids is 4. The molecular formula is C23H32N6O6. The molecule has 1 aromatic heterocycles. The van der Waals surface area contributed by atoms with Crippen molar-refractivity contribution in [3.05, 3.63) is 36.0 Å². The van der Waals surface area contributed by atoms with Crippen molar-refractivity contribution in [2.24, 2.45) is 17.4 Å². The number of aliphatic carboxylic acids is 1. The van der Waals surface area contributed by atoms with Gasteiger partial charge in [0.2, 0.25) is 23.6 Å². The van der Waals surface area contributed by atoms with Gasteiger partial charge in [0.1, 0.15) is 18.1 Å². The molecule has 0 unspecified atom stereocenters. The Labute approximate surface area is 202 Å². The number of hydrogen-bond acceptors (Lipinski definition) is 6. The number of nitrogens with one attached hydrogen (secondary N) is 4. The number of carboxylic acids is 1. The highest BCUT2D eigenvalue weighted by Crippen LogP contribution is 2.19. The van der Waals surface area contributed by atoms with E-state index in [0.29, 0.717) is 6.42 Å². The van der Waals surface area contributed by atoms with Crippen LogP contribution in [0.2, 0.25) is 0 Å². The highest BCUT2D eigenvalue weighted by atomic mass is 16.4. The highest BCUT2D eigenvalue weighted by molar-refractivity contribution is 5.96. The number of carbonyl (C=O) groups is 5. The van der Waals surface area contributed by atoms with E-state index in [4.69, 9.17) is 11.5 Å². The van der Waals surface area contributed by atoms with Gasteiger partial charge in [0.25, 0.3) is 0 Å². The molecule has 190 valence electrons. The molecule has 0 aliphatic carbocycles. The summed E-state index contributed by atoms with van der Waals surface area (Å²) in [4.78, 5) is 64.2. The predicted octanol–water partition coefficient (Wildman–Crippen LogP) is -0.870. The molecular weight excluding hydrogens is 456 g/mol. The molecule has 0 bridgehead atoms. The normalized spacial score (nSPS) is 14.4. The largest absolute Gasteiger partial charge is 0.480 e. The van der Waals surface area contributed by atoms with Crippen LogP contribution in [0.3, 0.4) is 0 Å². The van der Waals surface area contributed by atoms with Gasteiger partial charge < -0.3 is 37.5 Å². The van der Waals surface area contributed by atoms with Crippen LogP contribution in [0.1, 0.15) is 32.3 Å². The summed E-state index contributed by atoms with van der Waals surface area (Å²) in [7, 11) is 0. The maximum Gasteiger partial charge on any atom is 0.326 e. The lowest BCUT2D eigenvalue weighted by Crippen LogP contribution is -2.58. The molecule has 0 spiro atoms. The minimum absolute atomic E-state index is 0.0666. The minimum Gasteiger partial charge on any atom is -0.480 e. The molecule has 1 aromatic carbocycles. The molecule has 12 heteroatoms. The van der Waals surface area contributed by atoms with E-state index in [9.17, 15) is 29.1 Å². The summed E-state index contributed by atoms with van der Waals surface area (Å²) >= 11 is 0. The first-order valence-electron chi connectivity index (χ1n) is 11.2. The van der Waals surface area contributed by atoms with E-state index in [0.717, 1.165) is 16.5 Å². The van der Waals surface area contributed by atoms with Gasteiger partial charge in [-0.2, -0.15) is 0 Å². The molecule has 0 saturated carbocycles. The molecule has 0 fully saturated rings. The zero-order valence-electron chi connectivity index (χ0n) is 19.7. The van der Waals surface area contributed by atoms with Gasteiger partial charge in [0.05, 0.1) is 13.0 Å². The van der Waals surface area contributed by atoms with E-state index >= 15 is 0 Å². The van der Waals surface area contributed by atoms with Crippen LogP contribution in [0.4, 0.5) is 0 Å². The van der Waals surface area contributed by atoms with Crippen molar-refractivity contribution < 1.29 is 29.1 Å². The maximum atomic E-state index is 13.1. The molecule has 0 aliphatic heterocycles. The van der Waals surface area contributed by atoms with Gasteiger partial charge >= 0.3 is 5.97 Å². The van der Waals surface area contributed by atoms with Crippen molar-refractivity contribution in [3.63, 3.8) is 0 Å². The number of hydrogen-bond donors (Lipinski definition) is 7. The Morgan fingerprint density at radius 3 is 2.29 bits per heavy atom. The van der Waals surface area contributed by atoms with Crippen LogP contribution in [0, 0.1) is 5.92 Å². The number of benzene rings is 1. The fourth-order valence-corrected chi connectivity index (χ4v) is 3.60. The first kappa shape index (κ1) is 27.3. The molecule has 1 heterocycles. The fourth-order valence-electron chi connectivity index (χ4n) is 3.60. The third kappa shape index (κ3) is 7.54. The molecule has 9 N–H and O–H groups in total. The molecule has 0 saturated heterocycles. The topological polar surface area (TPSA) is 209 Å². The number of H-pyrrole nitrogens is 1. The lowest BCUT2D eigenvalue weighted by molar-refractivity contribution is -0.144. The number of amides is 4. The number of primary amides is 1. The van der Waals surface area contributed by atoms with E-state index in [-0.39, 0.29) is 13.0 Å². The van der Waals surface area contributed by atoms with Gasteiger partial charge in [-0.1, -0.05) is 38.5 Å². The van der Waals surface area contributed by atoms with Gasteiger partial charge in [0, 0.05) is 23.5 Å². The van der Waals surface area contributed by atoms with Crippen LogP contribution in [-0.4, -0.2) is 64.4 Å². The molecule has 0 radical (unpaired) electrons. The van der Waals surface area contributed by atoms with Gasteiger partial charge in [-0.25, -0.2) is 4.79 Å². The van der Waals surface area contributed by atoms with Crippen molar-refractivity contribution in [2.75, 3.05) is 6.54 Å². The standard InChI is InChI=1S/C23H32N6O6/c1-3-12(2)20(23(34)35)29-22(33)17(9-18(25)30)28-21(32)16(27-19(31)10-24)8-13-11-26-15-7-5-4-6-14(13)15/h4-7,11-12,16-17,20,26H,3,8-10,24H2,1-2H3,(H2,25,30)(H,27,31)(H,28,32)(H,29,33)(H,34,35)/t12-,16-,17-,20-/m0/s1. The summed E-state index contributed by atoms with van der Waals surface area (Å²) in [6.45, 7) is 3.06. The highest BCUT2D eigenvalue weighted by Gasteiger charge is 2.32. The average Bonchev–Trinajstić information content (AvgIpc) is 3.23. The van der Waals surface area contributed by atoms with Crippen LogP contribution in [-0.2, 0) is 30.4 Å². The number of aromatic nitrogens is 1. The Morgan fingerprint density at radius 2 is 1.69 bits per heavy atom. The summed E-state index contributed by atoms with van der Waals surface area (Å²) in [5, 5.41) is 17.6. The third-order valence-corrected chi connectivity index (χ3v) is 5.75. The van der Waals surface area contributed by atoms with Crippen molar-refractivity contribution in [1.82, 2.24) is 20.9 Å². The molecule has 35 heavy (non-hydrogen) atoms. The number of fused-ring (bicyclic) bond motifs is 1. The summed E-state index contributed by atoms with van der Waals surface area (Å²) in [5.74, 6) is -4.75.